The Morgan fingerprint density at radius 1 is 1.03 bits per heavy atom. The molecule has 0 atom stereocenters. The molecule has 2 amide bonds. The van der Waals surface area contributed by atoms with Crippen LogP contribution in [0.4, 0.5) is 11.4 Å². The summed E-state index contributed by atoms with van der Waals surface area (Å²) in [5.41, 5.74) is 2.43. The van der Waals surface area contributed by atoms with Crippen molar-refractivity contribution in [1.82, 2.24) is 9.80 Å². The van der Waals surface area contributed by atoms with Gasteiger partial charge in [-0.3, -0.25) is 24.6 Å². The number of rotatable bonds is 5. The van der Waals surface area contributed by atoms with Crippen LogP contribution >= 0.6 is 0 Å². The highest BCUT2D eigenvalue weighted by molar-refractivity contribution is 5.95. The molecule has 8 heteroatoms. The molecule has 152 valence electrons. The molecule has 0 saturated carbocycles. The zero-order valence-electron chi connectivity index (χ0n) is 16.6. The van der Waals surface area contributed by atoms with Gasteiger partial charge in [-0.15, -0.1) is 0 Å². The second-order valence-electron chi connectivity index (χ2n) is 7.19. The number of piperazine rings is 1. The first-order chi connectivity index (χ1) is 13.8. The zero-order chi connectivity index (χ0) is 21.0. The SMILES string of the molecule is Cc1cc(NC(=O)CN2CCN(C(=O)c3ccccc3)CC2)c([N+](=O)[O-])cc1C. The van der Waals surface area contributed by atoms with E-state index in [1.165, 1.54) is 6.07 Å². The molecule has 1 aliphatic rings. The Hall–Kier alpha value is -3.26. The summed E-state index contributed by atoms with van der Waals surface area (Å²) in [6, 6.07) is 12.2. The summed E-state index contributed by atoms with van der Waals surface area (Å²) in [4.78, 5) is 39.4. The fourth-order valence-electron chi connectivity index (χ4n) is 3.32. The molecule has 1 saturated heterocycles. The predicted octanol–water partition coefficient (Wildman–Crippen LogP) is 2.61. The second kappa shape index (κ2) is 8.83. The number of carbonyl (C=O) groups excluding carboxylic acids is 2. The Morgan fingerprint density at radius 3 is 2.28 bits per heavy atom. The summed E-state index contributed by atoms with van der Waals surface area (Å²) in [6.45, 7) is 5.97. The van der Waals surface area contributed by atoms with Gasteiger partial charge >= 0.3 is 0 Å². The Bertz CT molecular complexity index is 922. The third-order valence-electron chi connectivity index (χ3n) is 5.13. The van der Waals surface area contributed by atoms with Gasteiger partial charge in [-0.2, -0.15) is 0 Å². The maximum atomic E-state index is 12.5. The van der Waals surface area contributed by atoms with Gasteiger partial charge in [-0.05, 0) is 43.2 Å². The molecular weight excluding hydrogens is 372 g/mol. The number of anilines is 1. The van der Waals surface area contributed by atoms with E-state index in [2.05, 4.69) is 5.32 Å². The lowest BCUT2D eigenvalue weighted by molar-refractivity contribution is -0.384. The first-order valence-corrected chi connectivity index (χ1v) is 9.47. The van der Waals surface area contributed by atoms with Crippen LogP contribution in [-0.4, -0.2) is 59.3 Å². The fourth-order valence-corrected chi connectivity index (χ4v) is 3.32. The lowest BCUT2D eigenvalue weighted by Crippen LogP contribution is -2.50. The van der Waals surface area contributed by atoms with Crippen LogP contribution in [-0.2, 0) is 4.79 Å². The number of benzene rings is 2. The van der Waals surface area contributed by atoms with Crippen LogP contribution in [0.25, 0.3) is 0 Å². The highest BCUT2D eigenvalue weighted by Gasteiger charge is 2.24. The molecule has 3 rings (SSSR count). The van der Waals surface area contributed by atoms with Crippen LogP contribution in [0, 0.1) is 24.0 Å². The standard InChI is InChI=1S/C21H24N4O4/c1-15-12-18(19(25(28)29)13-16(15)2)22-20(26)14-23-8-10-24(11-9-23)21(27)17-6-4-3-5-7-17/h3-7,12-13H,8-11,14H2,1-2H3,(H,22,26). The van der Waals surface area contributed by atoms with Crippen LogP contribution < -0.4 is 5.32 Å². The largest absolute Gasteiger partial charge is 0.336 e. The minimum atomic E-state index is -0.490. The smallest absolute Gasteiger partial charge is 0.293 e. The molecule has 0 aliphatic carbocycles. The van der Waals surface area contributed by atoms with Gasteiger partial charge in [0.2, 0.25) is 5.91 Å². The summed E-state index contributed by atoms with van der Waals surface area (Å²) in [6.07, 6.45) is 0. The lowest BCUT2D eigenvalue weighted by atomic mass is 10.1. The number of nitrogens with zero attached hydrogens (tertiary/aromatic N) is 3. The van der Waals surface area contributed by atoms with Crippen LogP contribution in [0.2, 0.25) is 0 Å². The van der Waals surface area contributed by atoms with Crippen molar-refractivity contribution in [3.05, 3.63) is 69.3 Å². The highest BCUT2D eigenvalue weighted by atomic mass is 16.6. The number of nitro groups is 1. The molecule has 1 fully saturated rings. The lowest BCUT2D eigenvalue weighted by Gasteiger charge is -2.34. The Kier molecular flexibility index (Phi) is 6.23. The van der Waals surface area contributed by atoms with E-state index >= 15 is 0 Å². The van der Waals surface area contributed by atoms with E-state index in [1.54, 1.807) is 30.0 Å². The van der Waals surface area contributed by atoms with Gasteiger partial charge in [-0.1, -0.05) is 18.2 Å². The molecule has 0 spiro atoms. The van der Waals surface area contributed by atoms with Crippen molar-refractivity contribution in [2.24, 2.45) is 0 Å². The number of amides is 2. The van der Waals surface area contributed by atoms with Gasteiger partial charge in [0.05, 0.1) is 11.5 Å². The Morgan fingerprint density at radius 2 is 1.66 bits per heavy atom. The molecule has 0 bridgehead atoms. The monoisotopic (exact) mass is 396 g/mol. The average Bonchev–Trinajstić information content (AvgIpc) is 2.71. The quantitative estimate of drug-likeness (QED) is 0.619. The normalized spacial score (nSPS) is 14.5. The molecule has 2 aromatic carbocycles. The topological polar surface area (TPSA) is 95.8 Å². The zero-order valence-corrected chi connectivity index (χ0v) is 16.6. The van der Waals surface area contributed by atoms with E-state index in [0.29, 0.717) is 31.7 Å². The molecule has 0 radical (unpaired) electrons. The molecular formula is C21H24N4O4. The minimum Gasteiger partial charge on any atom is -0.336 e. The highest BCUT2D eigenvalue weighted by Crippen LogP contribution is 2.27. The van der Waals surface area contributed by atoms with Crippen LogP contribution in [0.1, 0.15) is 21.5 Å². The van der Waals surface area contributed by atoms with Crippen molar-refractivity contribution < 1.29 is 14.5 Å². The maximum absolute atomic E-state index is 12.5. The van der Waals surface area contributed by atoms with Crippen molar-refractivity contribution in [1.29, 1.82) is 0 Å². The molecule has 0 aromatic heterocycles. The third kappa shape index (κ3) is 4.97. The minimum absolute atomic E-state index is 0.0135. The van der Waals surface area contributed by atoms with Crippen molar-refractivity contribution in [3.8, 4) is 0 Å². The number of nitro benzene ring substituents is 1. The van der Waals surface area contributed by atoms with Crippen molar-refractivity contribution >= 4 is 23.2 Å². The fraction of sp³-hybridized carbons (Fsp3) is 0.333. The van der Waals surface area contributed by atoms with E-state index in [4.69, 9.17) is 0 Å². The molecule has 1 heterocycles. The summed E-state index contributed by atoms with van der Waals surface area (Å²) >= 11 is 0. The molecule has 2 aromatic rings. The number of aryl methyl sites for hydroxylation is 2. The molecule has 1 N–H and O–H groups in total. The van der Waals surface area contributed by atoms with Crippen LogP contribution in [0.3, 0.4) is 0 Å². The summed E-state index contributed by atoms with van der Waals surface area (Å²) in [5, 5.41) is 13.9. The number of hydrogen-bond acceptors (Lipinski definition) is 5. The van der Waals surface area contributed by atoms with Gasteiger partial charge in [0.25, 0.3) is 11.6 Å². The van der Waals surface area contributed by atoms with Gasteiger partial charge in [0.15, 0.2) is 0 Å². The third-order valence-corrected chi connectivity index (χ3v) is 5.13. The molecule has 1 aliphatic heterocycles. The Labute approximate surface area is 169 Å². The number of hydrogen-bond donors (Lipinski definition) is 1. The van der Waals surface area contributed by atoms with Gasteiger partial charge in [0.1, 0.15) is 5.69 Å². The van der Waals surface area contributed by atoms with E-state index in [-0.39, 0.29) is 29.7 Å². The number of carbonyl (C=O) groups is 2. The van der Waals surface area contributed by atoms with Gasteiger partial charge in [-0.25, -0.2) is 0 Å². The van der Waals surface area contributed by atoms with Crippen LogP contribution in [0.5, 0.6) is 0 Å². The predicted molar refractivity (Wildman–Crippen MR) is 110 cm³/mol. The molecule has 29 heavy (non-hydrogen) atoms. The van der Waals surface area contributed by atoms with Crippen LogP contribution in [0.15, 0.2) is 42.5 Å². The Balaban J connectivity index is 1.56. The first-order valence-electron chi connectivity index (χ1n) is 9.47. The molecule has 8 nitrogen and oxygen atoms in total. The van der Waals surface area contributed by atoms with Gasteiger partial charge < -0.3 is 10.2 Å². The maximum Gasteiger partial charge on any atom is 0.293 e. The summed E-state index contributed by atoms with van der Waals surface area (Å²) in [5.74, 6) is -0.320. The van der Waals surface area contributed by atoms with Crippen molar-refractivity contribution in [3.63, 3.8) is 0 Å². The molecule has 0 unspecified atom stereocenters. The van der Waals surface area contributed by atoms with Gasteiger partial charge in [0, 0.05) is 37.8 Å². The van der Waals surface area contributed by atoms with E-state index in [0.717, 1.165) is 11.1 Å². The summed E-state index contributed by atoms with van der Waals surface area (Å²) in [7, 11) is 0. The second-order valence-corrected chi connectivity index (χ2v) is 7.19. The average molecular weight is 396 g/mol. The first kappa shape index (κ1) is 20.5. The van der Waals surface area contributed by atoms with Crippen molar-refractivity contribution in [2.45, 2.75) is 13.8 Å². The van der Waals surface area contributed by atoms with E-state index in [9.17, 15) is 19.7 Å². The van der Waals surface area contributed by atoms with E-state index in [1.807, 2.05) is 30.0 Å². The summed E-state index contributed by atoms with van der Waals surface area (Å²) < 4.78 is 0. The van der Waals surface area contributed by atoms with Crippen molar-refractivity contribution in [2.75, 3.05) is 38.0 Å². The number of nitrogens with one attached hydrogen (secondary N) is 1. The van der Waals surface area contributed by atoms with E-state index < -0.39 is 4.92 Å².